The number of carbonyl (C=O) groups excluding carboxylic acids is 1. The van der Waals surface area contributed by atoms with E-state index in [-0.39, 0.29) is 9.77 Å². The smallest absolute Gasteiger partial charge is 0.267 e. The summed E-state index contributed by atoms with van der Waals surface area (Å²) in [5.74, 6) is -0.462. The average Bonchev–Trinajstić information content (AvgIpc) is 3.28. The number of nitrogens with zero attached hydrogens (tertiary/aromatic N) is 2. The summed E-state index contributed by atoms with van der Waals surface area (Å²) in [6.07, 6.45) is 0. The Morgan fingerprint density at radius 2 is 1.74 bits per heavy atom. The second kappa shape index (κ2) is 9.00. The standard InChI is InChI=1S/C22H22ClN3O3S2/c1-16-7-8-17(15-19(16)23)24-22(27)21-20(9-14-30-21)31(28,29)26-12-10-25(11-13-26)18-5-3-2-4-6-18/h2-9,14-15H,10-13H2,1H3,(H,24,27). The Balaban J connectivity index is 1.49. The summed E-state index contributed by atoms with van der Waals surface area (Å²) in [5, 5.41) is 4.92. The molecule has 1 aliphatic heterocycles. The summed E-state index contributed by atoms with van der Waals surface area (Å²) in [6.45, 7) is 3.78. The molecule has 1 fully saturated rings. The molecule has 2 heterocycles. The minimum Gasteiger partial charge on any atom is -0.369 e. The minimum atomic E-state index is -3.78. The zero-order valence-corrected chi connectivity index (χ0v) is 19.3. The molecular weight excluding hydrogens is 454 g/mol. The van der Waals surface area contributed by atoms with E-state index in [0.717, 1.165) is 22.6 Å². The Hall–Kier alpha value is -2.39. The molecule has 1 saturated heterocycles. The molecule has 0 radical (unpaired) electrons. The molecule has 1 aromatic heterocycles. The fraction of sp³-hybridized carbons (Fsp3) is 0.227. The van der Waals surface area contributed by atoms with Crippen LogP contribution in [0.1, 0.15) is 15.2 Å². The van der Waals surface area contributed by atoms with Crippen LogP contribution < -0.4 is 10.2 Å². The molecule has 0 unspecified atom stereocenters. The molecule has 1 N–H and O–H groups in total. The van der Waals surface area contributed by atoms with Crippen LogP contribution in [0.4, 0.5) is 11.4 Å². The van der Waals surface area contributed by atoms with Crippen molar-refractivity contribution in [3.8, 4) is 0 Å². The first kappa shape index (κ1) is 21.8. The van der Waals surface area contributed by atoms with Gasteiger partial charge in [0.25, 0.3) is 5.91 Å². The molecule has 6 nitrogen and oxygen atoms in total. The highest BCUT2D eigenvalue weighted by atomic mass is 35.5. The van der Waals surface area contributed by atoms with Crippen LogP contribution in [0.5, 0.6) is 0 Å². The highest BCUT2D eigenvalue weighted by Gasteiger charge is 2.32. The monoisotopic (exact) mass is 475 g/mol. The van der Waals surface area contributed by atoms with Gasteiger partial charge in [0.1, 0.15) is 9.77 Å². The topological polar surface area (TPSA) is 69.7 Å². The lowest BCUT2D eigenvalue weighted by molar-refractivity contribution is 0.102. The van der Waals surface area contributed by atoms with Gasteiger partial charge in [-0.25, -0.2) is 8.42 Å². The summed E-state index contributed by atoms with van der Waals surface area (Å²) in [6, 6.07) is 16.6. The van der Waals surface area contributed by atoms with Gasteiger partial charge in [-0.2, -0.15) is 4.31 Å². The Kier molecular flexibility index (Phi) is 6.34. The third kappa shape index (κ3) is 4.62. The molecule has 3 aromatic rings. The molecular formula is C22H22ClN3O3S2. The molecule has 0 spiro atoms. The van der Waals surface area contributed by atoms with Gasteiger partial charge in [-0.05, 0) is 48.2 Å². The number of rotatable bonds is 5. The first-order valence-electron chi connectivity index (χ1n) is 9.81. The zero-order valence-electron chi connectivity index (χ0n) is 16.9. The van der Waals surface area contributed by atoms with E-state index >= 15 is 0 Å². The maximum atomic E-state index is 13.3. The maximum Gasteiger partial charge on any atom is 0.267 e. The number of anilines is 2. The largest absolute Gasteiger partial charge is 0.369 e. The van der Waals surface area contributed by atoms with Crippen LogP contribution in [0.3, 0.4) is 0 Å². The van der Waals surface area contributed by atoms with E-state index in [9.17, 15) is 13.2 Å². The molecule has 4 rings (SSSR count). The predicted octanol–water partition coefficient (Wildman–Crippen LogP) is 4.47. The summed E-state index contributed by atoms with van der Waals surface area (Å²) >= 11 is 7.24. The van der Waals surface area contributed by atoms with Crippen molar-refractivity contribution in [3.05, 3.63) is 75.4 Å². The Labute approximate surface area is 191 Å². The van der Waals surface area contributed by atoms with Crippen LogP contribution in [-0.4, -0.2) is 44.8 Å². The van der Waals surface area contributed by atoms with E-state index in [1.165, 1.54) is 10.4 Å². The average molecular weight is 476 g/mol. The number of sulfonamides is 1. The lowest BCUT2D eigenvalue weighted by Crippen LogP contribution is -2.48. The molecule has 0 saturated carbocycles. The van der Waals surface area contributed by atoms with Gasteiger partial charge < -0.3 is 10.2 Å². The van der Waals surface area contributed by atoms with Crippen LogP contribution in [0.15, 0.2) is 64.9 Å². The van der Waals surface area contributed by atoms with Gasteiger partial charge in [0, 0.05) is 42.6 Å². The van der Waals surface area contributed by atoms with Crippen molar-refractivity contribution in [2.75, 3.05) is 36.4 Å². The predicted molar refractivity (Wildman–Crippen MR) is 126 cm³/mol. The molecule has 0 bridgehead atoms. The van der Waals surface area contributed by atoms with Crippen molar-refractivity contribution in [1.29, 1.82) is 0 Å². The Morgan fingerprint density at radius 3 is 2.42 bits per heavy atom. The van der Waals surface area contributed by atoms with Crippen molar-refractivity contribution >= 4 is 50.2 Å². The number of aryl methyl sites for hydroxylation is 1. The van der Waals surface area contributed by atoms with Crippen LogP contribution in [-0.2, 0) is 10.0 Å². The van der Waals surface area contributed by atoms with Gasteiger partial charge in [-0.3, -0.25) is 4.79 Å². The normalized spacial score (nSPS) is 15.1. The summed E-state index contributed by atoms with van der Waals surface area (Å²) in [5.41, 5.74) is 2.49. The van der Waals surface area contributed by atoms with E-state index in [4.69, 9.17) is 11.6 Å². The van der Waals surface area contributed by atoms with E-state index in [1.54, 1.807) is 23.6 Å². The van der Waals surface area contributed by atoms with E-state index in [1.807, 2.05) is 37.3 Å². The summed E-state index contributed by atoms with van der Waals surface area (Å²) in [7, 11) is -3.78. The van der Waals surface area contributed by atoms with Crippen LogP contribution in [0.25, 0.3) is 0 Å². The first-order valence-corrected chi connectivity index (χ1v) is 12.5. The minimum absolute atomic E-state index is 0.0429. The number of carbonyl (C=O) groups is 1. The lowest BCUT2D eigenvalue weighted by atomic mass is 10.2. The first-order chi connectivity index (χ1) is 14.9. The third-order valence-electron chi connectivity index (χ3n) is 5.24. The molecule has 1 aliphatic rings. The van der Waals surface area contributed by atoms with Crippen molar-refractivity contribution in [1.82, 2.24) is 4.31 Å². The van der Waals surface area contributed by atoms with Gasteiger partial charge >= 0.3 is 0 Å². The fourth-order valence-corrected chi connectivity index (χ4v) is 6.39. The number of nitrogens with one attached hydrogen (secondary N) is 1. The number of thiophene rings is 1. The van der Waals surface area contributed by atoms with Crippen LogP contribution >= 0.6 is 22.9 Å². The number of halogens is 1. The van der Waals surface area contributed by atoms with Crippen molar-refractivity contribution in [2.24, 2.45) is 0 Å². The Bertz CT molecular complexity index is 1190. The van der Waals surface area contributed by atoms with Gasteiger partial charge in [0.15, 0.2) is 0 Å². The number of hydrogen-bond donors (Lipinski definition) is 1. The summed E-state index contributed by atoms with van der Waals surface area (Å²) < 4.78 is 28.0. The van der Waals surface area contributed by atoms with Crippen molar-refractivity contribution < 1.29 is 13.2 Å². The SMILES string of the molecule is Cc1ccc(NC(=O)c2sccc2S(=O)(=O)N2CCN(c3ccccc3)CC2)cc1Cl. The van der Waals surface area contributed by atoms with Crippen LogP contribution in [0.2, 0.25) is 5.02 Å². The van der Waals surface area contributed by atoms with Gasteiger partial charge in [0.2, 0.25) is 10.0 Å². The van der Waals surface area contributed by atoms with E-state index in [2.05, 4.69) is 10.2 Å². The molecule has 0 atom stereocenters. The molecule has 0 aliphatic carbocycles. The molecule has 162 valence electrons. The number of piperazine rings is 1. The number of para-hydroxylation sites is 1. The second-order valence-corrected chi connectivity index (χ2v) is 10.5. The molecule has 9 heteroatoms. The fourth-order valence-electron chi connectivity index (χ4n) is 3.49. The van der Waals surface area contributed by atoms with Gasteiger partial charge in [-0.15, -0.1) is 11.3 Å². The number of amides is 1. The molecule has 2 aromatic carbocycles. The number of hydrogen-bond acceptors (Lipinski definition) is 5. The quantitative estimate of drug-likeness (QED) is 0.591. The van der Waals surface area contributed by atoms with Crippen molar-refractivity contribution in [3.63, 3.8) is 0 Å². The lowest BCUT2D eigenvalue weighted by Gasteiger charge is -2.35. The highest BCUT2D eigenvalue weighted by molar-refractivity contribution is 7.89. The maximum absolute atomic E-state index is 13.3. The Morgan fingerprint density at radius 1 is 1.03 bits per heavy atom. The van der Waals surface area contributed by atoms with E-state index < -0.39 is 15.9 Å². The summed E-state index contributed by atoms with van der Waals surface area (Å²) in [4.78, 5) is 15.2. The van der Waals surface area contributed by atoms with Gasteiger partial charge in [-0.1, -0.05) is 35.9 Å². The zero-order chi connectivity index (χ0) is 22.0. The molecule has 1 amide bonds. The van der Waals surface area contributed by atoms with E-state index in [0.29, 0.717) is 36.9 Å². The van der Waals surface area contributed by atoms with Crippen LogP contribution in [0, 0.1) is 6.92 Å². The number of benzene rings is 2. The van der Waals surface area contributed by atoms with Gasteiger partial charge in [0.05, 0.1) is 0 Å². The molecule has 31 heavy (non-hydrogen) atoms. The third-order valence-corrected chi connectivity index (χ3v) is 8.63. The second-order valence-electron chi connectivity index (χ2n) is 7.26. The highest BCUT2D eigenvalue weighted by Crippen LogP contribution is 2.28. The van der Waals surface area contributed by atoms with Crippen molar-refractivity contribution in [2.45, 2.75) is 11.8 Å².